The molecule has 3 aromatic rings. The average molecular weight is 362 g/mol. The minimum atomic E-state index is -0.367. The van der Waals surface area contributed by atoms with Crippen LogP contribution in [-0.4, -0.2) is 21.3 Å². The molecule has 0 radical (unpaired) electrons. The van der Waals surface area contributed by atoms with Gasteiger partial charge in [-0.1, -0.05) is 47.5 Å². The highest BCUT2D eigenvalue weighted by atomic mass is 35.5. The predicted molar refractivity (Wildman–Crippen MR) is 93.7 cm³/mol. The Morgan fingerprint density at radius 2 is 1.92 bits per heavy atom. The van der Waals surface area contributed by atoms with Crippen LogP contribution in [0.4, 0.5) is 11.5 Å². The van der Waals surface area contributed by atoms with Crippen molar-refractivity contribution in [3.63, 3.8) is 0 Å². The molecule has 6 nitrogen and oxygen atoms in total. The number of rotatable bonds is 5. The summed E-state index contributed by atoms with van der Waals surface area (Å²) in [5.74, 6) is -0.0536. The lowest BCUT2D eigenvalue weighted by Crippen LogP contribution is -2.24. The summed E-state index contributed by atoms with van der Waals surface area (Å²) < 4.78 is 0. The van der Waals surface area contributed by atoms with Gasteiger partial charge in [0.25, 0.3) is 5.91 Å². The van der Waals surface area contributed by atoms with E-state index in [-0.39, 0.29) is 11.6 Å². The molecule has 122 valence electrons. The number of aromatic amines is 1. The number of halogens is 2. The van der Waals surface area contributed by atoms with Crippen LogP contribution in [-0.2, 0) is 6.54 Å². The molecule has 0 aliphatic rings. The normalized spacial score (nSPS) is 10.4. The minimum absolute atomic E-state index is 0.155. The van der Waals surface area contributed by atoms with E-state index in [2.05, 4.69) is 26.0 Å². The van der Waals surface area contributed by atoms with Crippen LogP contribution >= 0.6 is 23.2 Å². The second-order valence-corrected chi connectivity index (χ2v) is 5.77. The van der Waals surface area contributed by atoms with Crippen LogP contribution < -0.4 is 10.6 Å². The van der Waals surface area contributed by atoms with Crippen LogP contribution in [0.2, 0.25) is 10.0 Å². The van der Waals surface area contributed by atoms with Gasteiger partial charge >= 0.3 is 0 Å². The minimum Gasteiger partial charge on any atom is -0.346 e. The monoisotopic (exact) mass is 361 g/mol. The molecule has 8 heteroatoms. The second-order valence-electron chi connectivity index (χ2n) is 4.93. The van der Waals surface area contributed by atoms with Crippen molar-refractivity contribution in [2.75, 3.05) is 5.32 Å². The number of anilines is 2. The van der Waals surface area contributed by atoms with Crippen LogP contribution in [0, 0.1) is 0 Å². The van der Waals surface area contributed by atoms with Crippen LogP contribution in [0.1, 0.15) is 16.1 Å². The maximum absolute atomic E-state index is 12.3. The Hall–Kier alpha value is -2.57. The summed E-state index contributed by atoms with van der Waals surface area (Å²) in [6.45, 7) is 0.294. The fourth-order valence-electron chi connectivity index (χ4n) is 2.08. The average Bonchev–Trinajstić information content (AvgIpc) is 3.02. The van der Waals surface area contributed by atoms with E-state index in [0.29, 0.717) is 28.1 Å². The van der Waals surface area contributed by atoms with Gasteiger partial charge < -0.3 is 10.6 Å². The summed E-state index contributed by atoms with van der Waals surface area (Å²) in [7, 11) is 0. The zero-order valence-electron chi connectivity index (χ0n) is 12.4. The second kappa shape index (κ2) is 7.33. The maximum Gasteiger partial charge on any atom is 0.275 e. The summed E-state index contributed by atoms with van der Waals surface area (Å²) >= 11 is 12.0. The van der Waals surface area contributed by atoms with E-state index in [1.165, 1.54) is 0 Å². The van der Waals surface area contributed by atoms with Crippen molar-refractivity contribution >= 4 is 40.6 Å². The van der Waals surface area contributed by atoms with Gasteiger partial charge in [0.15, 0.2) is 11.5 Å². The summed E-state index contributed by atoms with van der Waals surface area (Å²) in [5, 5.41) is 17.2. The molecule has 3 rings (SSSR count). The molecule has 0 spiro atoms. The Kier molecular flexibility index (Phi) is 4.98. The number of H-pyrrole nitrogens is 1. The Morgan fingerprint density at radius 3 is 2.71 bits per heavy atom. The van der Waals surface area contributed by atoms with Gasteiger partial charge in [-0.25, -0.2) is 0 Å². The third-order valence-corrected chi connectivity index (χ3v) is 3.85. The van der Waals surface area contributed by atoms with Crippen LogP contribution in [0.15, 0.2) is 48.5 Å². The number of carbonyl (C=O) groups is 1. The molecule has 0 saturated heterocycles. The molecule has 0 unspecified atom stereocenters. The zero-order valence-corrected chi connectivity index (χ0v) is 13.9. The molecule has 1 amide bonds. The van der Waals surface area contributed by atoms with Crippen LogP contribution in [0.25, 0.3) is 0 Å². The lowest BCUT2D eigenvalue weighted by atomic mass is 10.2. The highest BCUT2D eigenvalue weighted by molar-refractivity contribution is 6.31. The number of benzene rings is 2. The summed E-state index contributed by atoms with van der Waals surface area (Å²) in [6, 6.07) is 14.4. The zero-order chi connectivity index (χ0) is 16.9. The van der Waals surface area contributed by atoms with Crippen molar-refractivity contribution in [2.45, 2.75) is 6.54 Å². The third kappa shape index (κ3) is 3.84. The third-order valence-electron chi connectivity index (χ3n) is 3.25. The summed E-state index contributed by atoms with van der Waals surface area (Å²) in [6.07, 6.45) is 0. The molecule has 1 aromatic heterocycles. The molecule has 0 aliphatic heterocycles. The number of carbonyl (C=O) groups excluding carboxylic acids is 1. The Bertz CT molecular complexity index is 865. The lowest BCUT2D eigenvalue weighted by molar-refractivity contribution is 0.0947. The van der Waals surface area contributed by atoms with Crippen molar-refractivity contribution in [1.82, 2.24) is 20.7 Å². The molecule has 1 heterocycles. The standard InChI is InChI=1S/C16H13Cl2N5O/c17-11-5-3-6-12(8-11)20-15-14(21-23-22-15)16(24)19-9-10-4-1-2-7-13(10)18/h1-8H,9H2,(H,19,24)(H2,20,21,22,23). The largest absolute Gasteiger partial charge is 0.346 e. The Balaban J connectivity index is 1.70. The van der Waals surface area contributed by atoms with Crippen molar-refractivity contribution in [3.05, 3.63) is 69.8 Å². The van der Waals surface area contributed by atoms with Gasteiger partial charge in [-0.05, 0) is 29.8 Å². The molecule has 0 bridgehead atoms. The van der Waals surface area contributed by atoms with E-state index >= 15 is 0 Å². The molecule has 2 aromatic carbocycles. The molecule has 3 N–H and O–H groups in total. The maximum atomic E-state index is 12.3. The fraction of sp³-hybridized carbons (Fsp3) is 0.0625. The fourth-order valence-corrected chi connectivity index (χ4v) is 2.47. The van der Waals surface area contributed by atoms with Gasteiger partial charge in [-0.15, -0.1) is 10.2 Å². The topological polar surface area (TPSA) is 82.7 Å². The van der Waals surface area contributed by atoms with E-state index in [1.807, 2.05) is 24.3 Å². The van der Waals surface area contributed by atoms with E-state index in [4.69, 9.17) is 23.2 Å². The van der Waals surface area contributed by atoms with Gasteiger partial charge in [-0.3, -0.25) is 4.79 Å². The SMILES string of the molecule is O=C(NCc1ccccc1Cl)c1n[nH]nc1Nc1cccc(Cl)c1. The molecule has 0 aliphatic carbocycles. The number of nitrogens with zero attached hydrogens (tertiary/aromatic N) is 2. The summed E-state index contributed by atoms with van der Waals surface area (Å²) in [4.78, 5) is 12.3. The summed E-state index contributed by atoms with van der Waals surface area (Å²) in [5.41, 5.74) is 1.68. The molecular weight excluding hydrogens is 349 g/mol. The molecule has 0 atom stereocenters. The molecule has 0 saturated carbocycles. The van der Waals surface area contributed by atoms with Gasteiger partial charge in [0.2, 0.25) is 0 Å². The van der Waals surface area contributed by atoms with E-state index in [1.54, 1.807) is 24.3 Å². The first-order valence-electron chi connectivity index (χ1n) is 7.08. The number of amides is 1. The quantitative estimate of drug-likeness (QED) is 0.645. The van der Waals surface area contributed by atoms with Crippen molar-refractivity contribution < 1.29 is 4.79 Å². The van der Waals surface area contributed by atoms with E-state index in [9.17, 15) is 4.79 Å². The van der Waals surface area contributed by atoms with Crippen molar-refractivity contribution in [1.29, 1.82) is 0 Å². The van der Waals surface area contributed by atoms with Crippen molar-refractivity contribution in [2.24, 2.45) is 0 Å². The first kappa shape index (κ1) is 16.3. The smallest absolute Gasteiger partial charge is 0.275 e. The van der Waals surface area contributed by atoms with E-state index in [0.717, 1.165) is 5.56 Å². The van der Waals surface area contributed by atoms with Gasteiger partial charge in [-0.2, -0.15) is 5.21 Å². The van der Waals surface area contributed by atoms with Gasteiger partial charge in [0.05, 0.1) is 0 Å². The van der Waals surface area contributed by atoms with Gasteiger partial charge in [0.1, 0.15) is 0 Å². The van der Waals surface area contributed by atoms with E-state index < -0.39 is 0 Å². The van der Waals surface area contributed by atoms with Crippen LogP contribution in [0.5, 0.6) is 0 Å². The highest BCUT2D eigenvalue weighted by Crippen LogP contribution is 2.20. The Morgan fingerprint density at radius 1 is 1.08 bits per heavy atom. The van der Waals surface area contributed by atoms with Crippen LogP contribution in [0.3, 0.4) is 0 Å². The number of aromatic nitrogens is 3. The lowest BCUT2D eigenvalue weighted by Gasteiger charge is -2.07. The first-order chi connectivity index (χ1) is 11.6. The first-order valence-corrected chi connectivity index (χ1v) is 7.84. The highest BCUT2D eigenvalue weighted by Gasteiger charge is 2.16. The number of hydrogen-bond acceptors (Lipinski definition) is 4. The van der Waals surface area contributed by atoms with Crippen molar-refractivity contribution in [3.8, 4) is 0 Å². The molecular formula is C16H13Cl2N5O. The number of nitrogens with one attached hydrogen (secondary N) is 3. The molecule has 24 heavy (non-hydrogen) atoms. The number of hydrogen-bond donors (Lipinski definition) is 3. The molecule has 0 fully saturated rings. The Labute approximate surface area is 148 Å². The predicted octanol–water partition coefficient (Wildman–Crippen LogP) is 3.79. The van der Waals surface area contributed by atoms with Gasteiger partial charge in [0, 0.05) is 22.3 Å².